The maximum Gasteiger partial charge on any atom is 0.433 e. The molecule has 5 nitrogen and oxygen atoms in total. The number of nitrogens with zero attached hydrogens (tertiary/aromatic N) is 2. The zero-order valence-corrected chi connectivity index (χ0v) is 11.7. The van der Waals surface area contributed by atoms with Crippen LogP contribution in [0, 0.1) is 5.92 Å². The summed E-state index contributed by atoms with van der Waals surface area (Å²) in [5.74, 6) is 0.440. The molecule has 21 heavy (non-hydrogen) atoms. The number of nitrogens with one attached hydrogen (secondary N) is 2. The van der Waals surface area contributed by atoms with Crippen LogP contribution in [0.4, 0.5) is 24.9 Å². The number of hydrogen-bond donors (Lipinski definition) is 3. The SMILES string of the molecule is CNc1nc(NCC2CCC(O)CC2)cc(C(F)(F)F)n1. The van der Waals surface area contributed by atoms with Gasteiger partial charge in [-0.15, -0.1) is 0 Å². The van der Waals surface area contributed by atoms with Crippen LogP contribution in [0.3, 0.4) is 0 Å². The fourth-order valence-electron chi connectivity index (χ4n) is 2.39. The summed E-state index contributed by atoms with van der Waals surface area (Å²) in [6, 6.07) is 0.915. The Morgan fingerprint density at radius 1 is 1.24 bits per heavy atom. The van der Waals surface area contributed by atoms with Crippen LogP contribution in [0.5, 0.6) is 0 Å². The van der Waals surface area contributed by atoms with Gasteiger partial charge in [-0.1, -0.05) is 0 Å². The van der Waals surface area contributed by atoms with Gasteiger partial charge in [0.05, 0.1) is 6.10 Å². The summed E-state index contributed by atoms with van der Waals surface area (Å²) in [4.78, 5) is 7.39. The summed E-state index contributed by atoms with van der Waals surface area (Å²) in [5, 5.41) is 14.9. The minimum atomic E-state index is -4.50. The third-order valence-electron chi connectivity index (χ3n) is 3.63. The van der Waals surface area contributed by atoms with Crippen LogP contribution in [0.25, 0.3) is 0 Å². The molecule has 1 fully saturated rings. The first-order valence-corrected chi connectivity index (χ1v) is 6.94. The summed E-state index contributed by atoms with van der Waals surface area (Å²) in [5.41, 5.74) is -0.969. The van der Waals surface area contributed by atoms with E-state index >= 15 is 0 Å². The van der Waals surface area contributed by atoms with Gasteiger partial charge in [-0.3, -0.25) is 0 Å². The molecule has 1 aromatic heterocycles. The predicted molar refractivity (Wildman–Crippen MR) is 73.0 cm³/mol. The second kappa shape index (κ2) is 6.46. The smallest absolute Gasteiger partial charge is 0.393 e. The quantitative estimate of drug-likeness (QED) is 0.797. The number of aromatic nitrogens is 2. The lowest BCUT2D eigenvalue weighted by molar-refractivity contribution is -0.141. The Balaban J connectivity index is 2.02. The van der Waals surface area contributed by atoms with Crippen molar-refractivity contribution in [2.24, 2.45) is 5.92 Å². The highest BCUT2D eigenvalue weighted by molar-refractivity contribution is 5.42. The Hall–Kier alpha value is -1.57. The molecule has 1 aliphatic carbocycles. The zero-order chi connectivity index (χ0) is 15.5. The van der Waals surface area contributed by atoms with E-state index in [-0.39, 0.29) is 17.9 Å². The minimum absolute atomic E-state index is 0.0635. The van der Waals surface area contributed by atoms with Crippen molar-refractivity contribution >= 4 is 11.8 Å². The average Bonchev–Trinajstić information content (AvgIpc) is 2.45. The van der Waals surface area contributed by atoms with Gasteiger partial charge in [-0.05, 0) is 31.6 Å². The first kappa shape index (κ1) is 15.8. The summed E-state index contributed by atoms with van der Waals surface area (Å²) in [7, 11) is 1.47. The van der Waals surface area contributed by atoms with Crippen LogP contribution in [0.15, 0.2) is 6.07 Å². The maximum atomic E-state index is 12.7. The van der Waals surface area contributed by atoms with Crippen LogP contribution < -0.4 is 10.6 Å². The molecule has 0 aliphatic heterocycles. The normalized spacial score (nSPS) is 22.9. The van der Waals surface area contributed by atoms with Crippen molar-refractivity contribution in [2.45, 2.75) is 38.0 Å². The molecule has 118 valence electrons. The highest BCUT2D eigenvalue weighted by Gasteiger charge is 2.33. The highest BCUT2D eigenvalue weighted by Crippen LogP contribution is 2.30. The fourth-order valence-corrected chi connectivity index (χ4v) is 2.39. The minimum Gasteiger partial charge on any atom is -0.393 e. The van der Waals surface area contributed by atoms with Crippen molar-refractivity contribution in [3.05, 3.63) is 11.8 Å². The van der Waals surface area contributed by atoms with Crippen molar-refractivity contribution in [1.29, 1.82) is 0 Å². The van der Waals surface area contributed by atoms with Gasteiger partial charge < -0.3 is 15.7 Å². The van der Waals surface area contributed by atoms with Crippen LogP contribution in [0.1, 0.15) is 31.4 Å². The monoisotopic (exact) mass is 304 g/mol. The van der Waals surface area contributed by atoms with Crippen LogP contribution in [-0.4, -0.2) is 34.8 Å². The predicted octanol–water partition coefficient (Wildman–Crippen LogP) is 2.50. The largest absolute Gasteiger partial charge is 0.433 e. The molecule has 1 aromatic rings. The number of alkyl halides is 3. The molecule has 2 rings (SSSR count). The van der Waals surface area contributed by atoms with E-state index < -0.39 is 11.9 Å². The van der Waals surface area contributed by atoms with Crippen molar-refractivity contribution in [3.8, 4) is 0 Å². The molecule has 0 unspecified atom stereocenters. The fraction of sp³-hybridized carbons (Fsp3) is 0.692. The third kappa shape index (κ3) is 4.45. The van der Waals surface area contributed by atoms with E-state index in [4.69, 9.17) is 0 Å². The van der Waals surface area contributed by atoms with Crippen molar-refractivity contribution in [3.63, 3.8) is 0 Å². The molecule has 0 aromatic carbocycles. The molecular weight excluding hydrogens is 285 g/mol. The van der Waals surface area contributed by atoms with Crippen molar-refractivity contribution in [1.82, 2.24) is 9.97 Å². The Kier molecular flexibility index (Phi) is 4.87. The lowest BCUT2D eigenvalue weighted by Crippen LogP contribution is -2.24. The number of halogens is 3. The van der Waals surface area contributed by atoms with Gasteiger partial charge >= 0.3 is 6.18 Å². The highest BCUT2D eigenvalue weighted by atomic mass is 19.4. The van der Waals surface area contributed by atoms with Gasteiger partial charge in [0, 0.05) is 19.7 Å². The lowest BCUT2D eigenvalue weighted by atomic mass is 9.87. The van der Waals surface area contributed by atoms with Gasteiger partial charge in [0.2, 0.25) is 5.95 Å². The lowest BCUT2D eigenvalue weighted by Gasteiger charge is -2.25. The number of hydrogen-bond acceptors (Lipinski definition) is 5. The van der Waals surface area contributed by atoms with Crippen LogP contribution in [0.2, 0.25) is 0 Å². The van der Waals surface area contributed by atoms with Gasteiger partial charge in [-0.2, -0.15) is 18.2 Å². The molecule has 0 atom stereocenters. The Bertz CT molecular complexity index is 473. The second-order valence-corrected chi connectivity index (χ2v) is 5.27. The van der Waals surface area contributed by atoms with Crippen LogP contribution in [-0.2, 0) is 6.18 Å². The Labute approximate surface area is 121 Å². The Morgan fingerprint density at radius 3 is 2.48 bits per heavy atom. The number of anilines is 2. The molecule has 1 saturated carbocycles. The molecule has 0 saturated heterocycles. The summed E-state index contributed by atoms with van der Waals surface area (Å²) >= 11 is 0. The van der Waals surface area contributed by atoms with E-state index in [2.05, 4.69) is 20.6 Å². The van der Waals surface area contributed by atoms with E-state index in [0.29, 0.717) is 12.5 Å². The first-order chi connectivity index (χ1) is 9.88. The topological polar surface area (TPSA) is 70.1 Å². The molecule has 8 heteroatoms. The second-order valence-electron chi connectivity index (χ2n) is 5.27. The van der Waals surface area contributed by atoms with Gasteiger partial charge in [0.15, 0.2) is 5.69 Å². The van der Waals surface area contributed by atoms with E-state index in [1.54, 1.807) is 0 Å². The standard InChI is InChI=1S/C13H19F3N4O/c1-17-12-19-10(13(14,15)16)6-11(20-12)18-7-8-2-4-9(21)5-3-8/h6,8-9,21H,2-5,7H2,1H3,(H2,17,18,19,20). The molecular formula is C13H19F3N4O. The van der Waals surface area contributed by atoms with Crippen LogP contribution >= 0.6 is 0 Å². The molecule has 0 bridgehead atoms. The van der Waals surface area contributed by atoms with Gasteiger partial charge in [0.1, 0.15) is 5.82 Å². The van der Waals surface area contributed by atoms with E-state index in [9.17, 15) is 18.3 Å². The van der Waals surface area contributed by atoms with Gasteiger partial charge in [-0.25, -0.2) is 4.98 Å². The van der Waals surface area contributed by atoms with E-state index in [1.807, 2.05) is 0 Å². The zero-order valence-electron chi connectivity index (χ0n) is 11.7. The Morgan fingerprint density at radius 2 is 1.90 bits per heavy atom. The summed E-state index contributed by atoms with van der Waals surface area (Å²) < 4.78 is 38.2. The van der Waals surface area contributed by atoms with Gasteiger partial charge in [0.25, 0.3) is 0 Å². The number of rotatable bonds is 4. The van der Waals surface area contributed by atoms with E-state index in [1.165, 1.54) is 7.05 Å². The molecule has 3 N–H and O–H groups in total. The molecule has 1 heterocycles. The molecule has 1 aliphatic rings. The first-order valence-electron chi connectivity index (χ1n) is 6.94. The maximum absolute atomic E-state index is 12.7. The summed E-state index contributed by atoms with van der Waals surface area (Å²) in [6.45, 7) is 0.546. The molecule has 0 radical (unpaired) electrons. The molecule has 0 amide bonds. The number of aliphatic hydroxyl groups excluding tert-OH is 1. The average molecular weight is 304 g/mol. The number of aliphatic hydroxyl groups is 1. The molecule has 0 spiro atoms. The van der Waals surface area contributed by atoms with E-state index in [0.717, 1.165) is 31.7 Å². The summed E-state index contributed by atoms with van der Waals surface area (Å²) in [6.07, 6.45) is -1.53. The van der Waals surface area contributed by atoms with Crippen molar-refractivity contribution in [2.75, 3.05) is 24.2 Å². The van der Waals surface area contributed by atoms with Crippen molar-refractivity contribution < 1.29 is 18.3 Å². The third-order valence-corrected chi connectivity index (χ3v) is 3.63.